The van der Waals surface area contributed by atoms with Gasteiger partial charge >= 0.3 is 0 Å². The molecule has 31 heavy (non-hydrogen) atoms. The molecule has 166 valence electrons. The van der Waals surface area contributed by atoms with Gasteiger partial charge in [-0.15, -0.1) is 0 Å². The summed E-state index contributed by atoms with van der Waals surface area (Å²) in [4.78, 5) is 26.9. The van der Waals surface area contributed by atoms with Crippen LogP contribution in [0, 0.1) is 12.8 Å². The molecule has 2 amide bonds. The highest BCUT2D eigenvalue weighted by Crippen LogP contribution is 2.16. The first-order chi connectivity index (χ1) is 14.8. The molecule has 0 heterocycles. The first-order valence-corrected chi connectivity index (χ1v) is 10.3. The van der Waals surface area contributed by atoms with E-state index in [9.17, 15) is 9.59 Å². The summed E-state index contributed by atoms with van der Waals surface area (Å²) >= 11 is 0. The molecule has 0 radical (unpaired) electrons. The molecule has 0 aromatic heterocycles. The molecule has 0 bridgehead atoms. The minimum Gasteiger partial charge on any atom is -0.484 e. The van der Waals surface area contributed by atoms with Crippen molar-refractivity contribution in [3.8, 4) is 5.75 Å². The van der Waals surface area contributed by atoms with E-state index in [1.165, 1.54) is 0 Å². The second-order valence-corrected chi connectivity index (χ2v) is 8.02. The number of anilines is 1. The van der Waals surface area contributed by atoms with Crippen molar-refractivity contribution in [3.05, 3.63) is 59.7 Å². The number of hydrogen-bond donors (Lipinski definition) is 2. The number of aryl methyl sites for hydroxylation is 1. The predicted molar refractivity (Wildman–Crippen MR) is 125 cm³/mol. The fourth-order valence-corrected chi connectivity index (χ4v) is 2.91. The Labute approximate surface area is 184 Å². The van der Waals surface area contributed by atoms with E-state index in [1.807, 2.05) is 82.2 Å². The van der Waals surface area contributed by atoms with E-state index in [4.69, 9.17) is 4.74 Å². The Bertz CT molecular complexity index is 892. The summed E-state index contributed by atoms with van der Waals surface area (Å²) in [7, 11) is 3.94. The maximum Gasteiger partial charge on any atom is 0.262 e. The lowest BCUT2D eigenvalue weighted by Gasteiger charge is -2.19. The zero-order chi connectivity index (χ0) is 22.8. The molecule has 2 aromatic rings. The van der Waals surface area contributed by atoms with E-state index in [-0.39, 0.29) is 24.3 Å². The van der Waals surface area contributed by atoms with Crippen molar-refractivity contribution >= 4 is 23.7 Å². The third kappa shape index (κ3) is 8.12. The van der Waals surface area contributed by atoms with Crippen LogP contribution in [0.5, 0.6) is 5.75 Å². The summed E-state index contributed by atoms with van der Waals surface area (Å²) in [5, 5.41) is 6.79. The number of hydrazone groups is 1. The van der Waals surface area contributed by atoms with Crippen LogP contribution in [0.15, 0.2) is 53.6 Å². The Morgan fingerprint density at radius 3 is 2.39 bits per heavy atom. The number of para-hydroxylation sites is 1. The third-order valence-corrected chi connectivity index (χ3v) is 4.61. The predicted octanol–water partition coefficient (Wildman–Crippen LogP) is 3.12. The maximum absolute atomic E-state index is 12.6. The molecule has 0 saturated heterocycles. The van der Waals surface area contributed by atoms with Crippen molar-refractivity contribution < 1.29 is 14.3 Å². The van der Waals surface area contributed by atoms with Gasteiger partial charge in [-0.25, -0.2) is 5.43 Å². The van der Waals surface area contributed by atoms with Gasteiger partial charge in [0.2, 0.25) is 0 Å². The maximum atomic E-state index is 12.6. The normalized spacial score (nSPS) is 11.9. The molecule has 0 unspecified atom stereocenters. The van der Waals surface area contributed by atoms with Crippen LogP contribution in [0.3, 0.4) is 0 Å². The molecule has 7 nitrogen and oxygen atoms in total. The molecular formula is C24H32N4O3. The highest BCUT2D eigenvalue weighted by Gasteiger charge is 2.22. The summed E-state index contributed by atoms with van der Waals surface area (Å²) in [6.45, 7) is 5.74. The van der Waals surface area contributed by atoms with E-state index in [2.05, 4.69) is 15.8 Å². The van der Waals surface area contributed by atoms with Gasteiger partial charge in [-0.3, -0.25) is 9.59 Å². The number of ether oxygens (including phenoxy) is 1. The highest BCUT2D eigenvalue weighted by atomic mass is 16.5. The van der Waals surface area contributed by atoms with Gasteiger partial charge in [-0.2, -0.15) is 5.10 Å². The molecular weight excluding hydrogens is 392 g/mol. The van der Waals surface area contributed by atoms with Gasteiger partial charge in [0.15, 0.2) is 6.61 Å². The minimum atomic E-state index is -0.693. The molecule has 0 aliphatic heterocycles. The average molecular weight is 425 g/mol. The number of rotatable bonds is 10. The third-order valence-electron chi connectivity index (χ3n) is 4.61. The average Bonchev–Trinajstić information content (AvgIpc) is 2.72. The number of amides is 2. The molecule has 1 atom stereocenters. The van der Waals surface area contributed by atoms with E-state index >= 15 is 0 Å². The standard InChI is InChI=1S/C24H32N4O3/c1-17(2)14-21(26-23(29)16-31-22-9-7-6-8-18(22)3)24(30)27-25-15-19-10-12-20(13-11-19)28(4)5/h6-13,15,17,21H,14,16H2,1-5H3,(H,26,29)(H,27,30)/b25-15-/t21-/m1/s1. The van der Waals surface area contributed by atoms with Gasteiger partial charge in [0, 0.05) is 19.8 Å². The first-order valence-electron chi connectivity index (χ1n) is 10.3. The van der Waals surface area contributed by atoms with Crippen LogP contribution in [-0.2, 0) is 9.59 Å². The van der Waals surface area contributed by atoms with Crippen molar-refractivity contribution in [1.82, 2.24) is 10.7 Å². The van der Waals surface area contributed by atoms with Crippen molar-refractivity contribution in [1.29, 1.82) is 0 Å². The van der Waals surface area contributed by atoms with Gasteiger partial charge in [-0.1, -0.05) is 44.2 Å². The van der Waals surface area contributed by atoms with E-state index < -0.39 is 6.04 Å². The Morgan fingerprint density at radius 1 is 1.10 bits per heavy atom. The van der Waals surface area contributed by atoms with Crippen molar-refractivity contribution in [3.63, 3.8) is 0 Å². The number of hydrogen-bond acceptors (Lipinski definition) is 5. The molecule has 2 aromatic carbocycles. The fraction of sp³-hybridized carbons (Fsp3) is 0.375. The smallest absolute Gasteiger partial charge is 0.262 e. The molecule has 7 heteroatoms. The molecule has 0 aliphatic rings. The Hall–Kier alpha value is -3.35. The monoisotopic (exact) mass is 424 g/mol. The summed E-state index contributed by atoms with van der Waals surface area (Å²) in [5.41, 5.74) is 5.41. The summed E-state index contributed by atoms with van der Waals surface area (Å²) < 4.78 is 5.57. The Balaban J connectivity index is 1.91. The lowest BCUT2D eigenvalue weighted by atomic mass is 10.0. The van der Waals surface area contributed by atoms with Gasteiger partial charge < -0.3 is 15.0 Å². The molecule has 0 aliphatic carbocycles. The minimum absolute atomic E-state index is 0.159. The molecule has 0 fully saturated rings. The fourth-order valence-electron chi connectivity index (χ4n) is 2.91. The number of nitrogens with one attached hydrogen (secondary N) is 2. The van der Waals surface area contributed by atoms with Crippen molar-refractivity contribution in [2.45, 2.75) is 33.2 Å². The number of carbonyl (C=O) groups excluding carboxylic acids is 2. The van der Waals surface area contributed by atoms with Crippen LogP contribution < -0.4 is 20.4 Å². The lowest BCUT2D eigenvalue weighted by molar-refractivity contribution is -0.130. The molecule has 2 N–H and O–H groups in total. The van der Waals surface area contributed by atoms with Gasteiger partial charge in [0.05, 0.1) is 6.21 Å². The topological polar surface area (TPSA) is 83.0 Å². The molecule has 2 rings (SSSR count). The second-order valence-electron chi connectivity index (χ2n) is 8.02. The SMILES string of the molecule is Cc1ccccc1OCC(=O)N[C@H](CC(C)C)C(=O)N/N=C\c1ccc(N(C)C)cc1. The van der Waals surface area contributed by atoms with E-state index in [0.29, 0.717) is 12.2 Å². The first kappa shape index (κ1) is 23.9. The lowest BCUT2D eigenvalue weighted by Crippen LogP contribution is -2.47. The highest BCUT2D eigenvalue weighted by molar-refractivity contribution is 5.89. The number of benzene rings is 2. The van der Waals surface area contributed by atoms with Gasteiger partial charge in [0.1, 0.15) is 11.8 Å². The summed E-state index contributed by atoms with van der Waals surface area (Å²) in [5.74, 6) is 0.148. The van der Waals surface area contributed by atoms with Crippen LogP contribution in [0.25, 0.3) is 0 Å². The van der Waals surface area contributed by atoms with Gasteiger partial charge in [-0.05, 0) is 48.6 Å². The van der Waals surface area contributed by atoms with Crippen LogP contribution in [0.4, 0.5) is 5.69 Å². The number of carbonyl (C=O) groups is 2. The zero-order valence-electron chi connectivity index (χ0n) is 18.9. The summed E-state index contributed by atoms with van der Waals surface area (Å²) in [6.07, 6.45) is 2.07. The van der Waals surface area contributed by atoms with Crippen LogP contribution in [0.2, 0.25) is 0 Å². The van der Waals surface area contributed by atoms with E-state index in [1.54, 1.807) is 12.3 Å². The quantitative estimate of drug-likeness (QED) is 0.453. The Morgan fingerprint density at radius 2 is 1.77 bits per heavy atom. The largest absolute Gasteiger partial charge is 0.484 e. The van der Waals surface area contributed by atoms with E-state index in [0.717, 1.165) is 16.8 Å². The second kappa shape index (κ2) is 11.7. The Kier molecular flexibility index (Phi) is 9.06. The van der Waals surface area contributed by atoms with Gasteiger partial charge in [0.25, 0.3) is 11.8 Å². The summed E-state index contributed by atoms with van der Waals surface area (Å²) in [6, 6.07) is 14.6. The van der Waals surface area contributed by atoms with Crippen LogP contribution in [-0.4, -0.2) is 44.8 Å². The van der Waals surface area contributed by atoms with Crippen molar-refractivity contribution in [2.75, 3.05) is 25.6 Å². The van der Waals surface area contributed by atoms with Crippen LogP contribution >= 0.6 is 0 Å². The van der Waals surface area contributed by atoms with Crippen molar-refractivity contribution in [2.24, 2.45) is 11.0 Å². The zero-order valence-corrected chi connectivity index (χ0v) is 18.9. The molecule has 0 spiro atoms. The molecule has 0 saturated carbocycles. The number of nitrogens with zero attached hydrogens (tertiary/aromatic N) is 2. The van der Waals surface area contributed by atoms with Crippen LogP contribution in [0.1, 0.15) is 31.4 Å².